The summed E-state index contributed by atoms with van der Waals surface area (Å²) < 4.78 is 11.4. The molecule has 25 heavy (non-hydrogen) atoms. The van der Waals surface area contributed by atoms with Crippen molar-refractivity contribution in [2.75, 3.05) is 0 Å². The second-order valence-electron chi connectivity index (χ2n) is 5.39. The van der Waals surface area contributed by atoms with Gasteiger partial charge in [0, 0.05) is 27.2 Å². The van der Waals surface area contributed by atoms with Crippen molar-refractivity contribution in [1.29, 1.82) is 0 Å². The third-order valence-electron chi connectivity index (χ3n) is 3.62. The summed E-state index contributed by atoms with van der Waals surface area (Å²) >= 11 is 12.2. The first kappa shape index (κ1) is 17.5. The lowest BCUT2D eigenvalue weighted by Crippen LogP contribution is -1.99. The third kappa shape index (κ3) is 4.59. The highest BCUT2D eigenvalue weighted by molar-refractivity contribution is 6.31. The summed E-state index contributed by atoms with van der Waals surface area (Å²) in [7, 11) is 0. The highest BCUT2D eigenvalue weighted by atomic mass is 35.5. The van der Waals surface area contributed by atoms with E-state index >= 15 is 0 Å². The van der Waals surface area contributed by atoms with Gasteiger partial charge in [-0.2, -0.15) is 0 Å². The minimum atomic E-state index is 0.0390. The van der Waals surface area contributed by atoms with Gasteiger partial charge in [0.1, 0.15) is 19.0 Å². The summed E-state index contributed by atoms with van der Waals surface area (Å²) in [6.07, 6.45) is 0. The molecule has 128 valence electrons. The van der Waals surface area contributed by atoms with Crippen LogP contribution in [0.2, 0.25) is 10.0 Å². The van der Waals surface area contributed by atoms with E-state index in [4.69, 9.17) is 32.7 Å². The summed E-state index contributed by atoms with van der Waals surface area (Å²) in [6.45, 7) is 0.579. The second kappa shape index (κ2) is 8.15. The second-order valence-corrected chi connectivity index (χ2v) is 6.20. The smallest absolute Gasteiger partial charge is 0.165 e. The summed E-state index contributed by atoms with van der Waals surface area (Å²) in [5.74, 6) is 0.945. The average Bonchev–Trinajstić information content (AvgIpc) is 2.62. The van der Waals surface area contributed by atoms with Crippen LogP contribution in [0.25, 0.3) is 0 Å². The van der Waals surface area contributed by atoms with Gasteiger partial charge in [-0.05, 0) is 24.3 Å². The Kier molecular flexibility index (Phi) is 5.69. The zero-order chi connectivity index (χ0) is 17.6. The lowest BCUT2D eigenvalue weighted by atomic mass is 10.2. The molecule has 3 aromatic rings. The predicted molar refractivity (Wildman–Crippen MR) is 99.7 cm³/mol. The maximum Gasteiger partial charge on any atom is 0.165 e. The van der Waals surface area contributed by atoms with E-state index < -0.39 is 0 Å². The van der Waals surface area contributed by atoms with E-state index in [-0.39, 0.29) is 12.4 Å². The maximum absolute atomic E-state index is 9.98. The van der Waals surface area contributed by atoms with E-state index in [0.29, 0.717) is 28.2 Å². The highest BCUT2D eigenvalue weighted by Gasteiger charge is 2.08. The number of hydrogen-bond donors (Lipinski definition) is 1. The molecule has 3 nitrogen and oxygen atoms in total. The van der Waals surface area contributed by atoms with E-state index in [0.717, 1.165) is 11.1 Å². The van der Waals surface area contributed by atoms with Crippen molar-refractivity contribution in [1.82, 2.24) is 0 Å². The Morgan fingerprint density at radius 1 is 0.720 bits per heavy atom. The van der Waals surface area contributed by atoms with Crippen LogP contribution in [0.5, 0.6) is 17.2 Å². The zero-order valence-electron chi connectivity index (χ0n) is 13.3. The molecular weight excluding hydrogens is 359 g/mol. The standard InChI is InChI=1S/C20H16Cl2O3/c21-17-7-3-1-5-14(17)12-24-16-9-10-19(23)20(11-16)25-13-15-6-2-4-8-18(15)22/h1-11,23H,12-13H2. The monoisotopic (exact) mass is 374 g/mol. The third-order valence-corrected chi connectivity index (χ3v) is 4.36. The molecule has 0 saturated heterocycles. The molecule has 0 atom stereocenters. The van der Waals surface area contributed by atoms with E-state index in [2.05, 4.69) is 0 Å². The maximum atomic E-state index is 9.98. The number of ether oxygens (including phenoxy) is 2. The molecule has 5 heteroatoms. The molecule has 0 aliphatic heterocycles. The summed E-state index contributed by atoms with van der Waals surface area (Å²) in [6, 6.07) is 19.7. The molecule has 0 spiro atoms. The molecule has 0 aromatic heterocycles. The van der Waals surface area contributed by atoms with Gasteiger partial charge in [0.05, 0.1) is 0 Å². The van der Waals surface area contributed by atoms with Crippen molar-refractivity contribution in [3.8, 4) is 17.2 Å². The Bertz CT molecular complexity index is 865. The Balaban J connectivity index is 1.68. The van der Waals surface area contributed by atoms with Gasteiger partial charge in [-0.25, -0.2) is 0 Å². The number of rotatable bonds is 6. The van der Waals surface area contributed by atoms with Gasteiger partial charge >= 0.3 is 0 Å². The van der Waals surface area contributed by atoms with Crippen LogP contribution in [0.4, 0.5) is 0 Å². The van der Waals surface area contributed by atoms with Gasteiger partial charge < -0.3 is 14.6 Å². The van der Waals surface area contributed by atoms with Crippen molar-refractivity contribution in [3.63, 3.8) is 0 Å². The fraction of sp³-hybridized carbons (Fsp3) is 0.100. The van der Waals surface area contributed by atoms with Crippen LogP contribution >= 0.6 is 23.2 Å². The van der Waals surface area contributed by atoms with Crippen LogP contribution in [0.3, 0.4) is 0 Å². The van der Waals surface area contributed by atoms with Gasteiger partial charge in [0.2, 0.25) is 0 Å². The summed E-state index contributed by atoms with van der Waals surface area (Å²) in [4.78, 5) is 0. The Hall–Kier alpha value is -2.36. The first-order valence-electron chi connectivity index (χ1n) is 7.69. The fourth-order valence-corrected chi connectivity index (χ4v) is 2.63. The minimum absolute atomic E-state index is 0.0390. The molecule has 0 radical (unpaired) electrons. The van der Waals surface area contributed by atoms with Gasteiger partial charge in [0.25, 0.3) is 0 Å². The lowest BCUT2D eigenvalue weighted by molar-refractivity contribution is 0.278. The van der Waals surface area contributed by atoms with Crippen LogP contribution < -0.4 is 9.47 Å². The predicted octanol–water partition coefficient (Wildman–Crippen LogP) is 5.86. The number of phenolic OH excluding ortho intramolecular Hbond substituents is 1. The summed E-state index contributed by atoms with van der Waals surface area (Å²) in [5.41, 5.74) is 1.72. The van der Waals surface area contributed by atoms with Crippen LogP contribution in [0.1, 0.15) is 11.1 Å². The molecule has 0 amide bonds. The number of hydrogen-bond acceptors (Lipinski definition) is 3. The van der Waals surface area contributed by atoms with Crippen LogP contribution in [-0.2, 0) is 13.2 Å². The molecule has 0 saturated carbocycles. The average molecular weight is 375 g/mol. The van der Waals surface area contributed by atoms with Gasteiger partial charge in [-0.1, -0.05) is 59.6 Å². The molecule has 0 unspecified atom stereocenters. The molecular formula is C20H16Cl2O3. The van der Waals surface area contributed by atoms with Crippen molar-refractivity contribution < 1.29 is 14.6 Å². The SMILES string of the molecule is Oc1ccc(OCc2ccccc2Cl)cc1OCc1ccccc1Cl. The fourth-order valence-electron chi connectivity index (χ4n) is 2.25. The topological polar surface area (TPSA) is 38.7 Å². The van der Waals surface area contributed by atoms with Crippen LogP contribution in [-0.4, -0.2) is 5.11 Å². The summed E-state index contributed by atoms with van der Waals surface area (Å²) in [5, 5.41) is 11.2. The van der Waals surface area contributed by atoms with Crippen LogP contribution in [0, 0.1) is 0 Å². The highest BCUT2D eigenvalue weighted by Crippen LogP contribution is 2.32. The van der Waals surface area contributed by atoms with E-state index in [1.54, 1.807) is 18.2 Å². The van der Waals surface area contributed by atoms with E-state index in [1.165, 1.54) is 6.07 Å². The van der Waals surface area contributed by atoms with Gasteiger partial charge in [-0.15, -0.1) is 0 Å². The largest absolute Gasteiger partial charge is 0.504 e. The number of aromatic hydroxyl groups is 1. The molecule has 3 rings (SSSR count). The van der Waals surface area contributed by atoms with Crippen molar-refractivity contribution >= 4 is 23.2 Å². The zero-order valence-corrected chi connectivity index (χ0v) is 14.8. The lowest BCUT2D eigenvalue weighted by Gasteiger charge is -2.12. The van der Waals surface area contributed by atoms with Gasteiger partial charge in [-0.3, -0.25) is 0 Å². The van der Waals surface area contributed by atoms with E-state index in [9.17, 15) is 5.11 Å². The van der Waals surface area contributed by atoms with Crippen molar-refractivity contribution in [3.05, 3.63) is 87.9 Å². The molecule has 0 aliphatic carbocycles. The molecule has 0 bridgehead atoms. The van der Waals surface area contributed by atoms with Crippen molar-refractivity contribution in [2.45, 2.75) is 13.2 Å². The van der Waals surface area contributed by atoms with Crippen molar-refractivity contribution in [2.24, 2.45) is 0 Å². The molecule has 0 fully saturated rings. The van der Waals surface area contributed by atoms with E-state index in [1.807, 2.05) is 42.5 Å². The minimum Gasteiger partial charge on any atom is -0.504 e. The molecule has 0 heterocycles. The molecule has 1 N–H and O–H groups in total. The first-order chi connectivity index (χ1) is 12.1. The normalized spacial score (nSPS) is 10.5. The molecule has 0 aliphatic rings. The van der Waals surface area contributed by atoms with Crippen LogP contribution in [0.15, 0.2) is 66.7 Å². The Labute approximate surface area is 156 Å². The number of halogens is 2. The number of phenols is 1. The Morgan fingerprint density at radius 3 is 1.88 bits per heavy atom. The van der Waals surface area contributed by atoms with Gasteiger partial charge in [0.15, 0.2) is 11.5 Å². The first-order valence-corrected chi connectivity index (χ1v) is 8.44. The Morgan fingerprint density at radius 2 is 1.28 bits per heavy atom. The molecule has 3 aromatic carbocycles. The quantitative estimate of drug-likeness (QED) is 0.587. The number of benzene rings is 3.